The largest absolute Gasteiger partial charge is 0.308 e. The van der Waals surface area contributed by atoms with E-state index in [4.69, 9.17) is 5.84 Å². The maximum absolute atomic E-state index is 5.37. The minimum Gasteiger partial charge on any atom is -0.308 e. The van der Waals surface area contributed by atoms with Crippen LogP contribution in [0.25, 0.3) is 0 Å². The maximum atomic E-state index is 5.37. The number of hydrogen-bond acceptors (Lipinski definition) is 5. The lowest BCUT2D eigenvalue weighted by Crippen LogP contribution is -2.26. The van der Waals surface area contributed by atoms with E-state index in [1.165, 1.54) is 12.8 Å². The number of aromatic nitrogens is 2. The van der Waals surface area contributed by atoms with Crippen molar-refractivity contribution in [3.8, 4) is 0 Å². The summed E-state index contributed by atoms with van der Waals surface area (Å²) in [6.45, 7) is 6.00. The number of rotatable bonds is 5. The molecular weight excluding hydrogens is 202 g/mol. The first kappa shape index (κ1) is 11.3. The van der Waals surface area contributed by atoms with Crippen molar-refractivity contribution in [3.05, 3.63) is 17.6 Å². The number of nitrogen functional groups attached to an aromatic ring is 1. The molecule has 1 aromatic heterocycles. The van der Waals surface area contributed by atoms with Gasteiger partial charge in [0.2, 0.25) is 0 Å². The lowest BCUT2D eigenvalue weighted by Gasteiger charge is -2.19. The second-order valence-electron chi connectivity index (χ2n) is 4.25. The standard InChI is InChI=1S/C11H19N5/c1-3-16(9-4-5-9)7-11-13-8(2)6-10(14-11)15-12/h6,9H,3-5,7,12H2,1-2H3,(H,13,14,15). The van der Waals surface area contributed by atoms with Crippen LogP contribution in [-0.2, 0) is 6.54 Å². The summed E-state index contributed by atoms with van der Waals surface area (Å²) in [5.74, 6) is 6.91. The first-order chi connectivity index (χ1) is 7.72. The van der Waals surface area contributed by atoms with Crippen molar-refractivity contribution in [2.45, 2.75) is 39.3 Å². The SMILES string of the molecule is CCN(Cc1nc(C)cc(NN)n1)C1CC1. The molecule has 0 unspecified atom stereocenters. The Balaban J connectivity index is 2.09. The third-order valence-corrected chi connectivity index (χ3v) is 2.86. The van der Waals surface area contributed by atoms with Gasteiger partial charge in [0, 0.05) is 17.8 Å². The van der Waals surface area contributed by atoms with Crippen LogP contribution >= 0.6 is 0 Å². The lowest BCUT2D eigenvalue weighted by atomic mass is 10.4. The molecule has 5 heteroatoms. The molecule has 0 aliphatic heterocycles. The number of nitrogens with two attached hydrogens (primary N) is 1. The molecule has 5 nitrogen and oxygen atoms in total. The third-order valence-electron chi connectivity index (χ3n) is 2.86. The molecule has 0 radical (unpaired) electrons. The van der Waals surface area contributed by atoms with Gasteiger partial charge in [-0.25, -0.2) is 15.8 Å². The Bertz CT molecular complexity index is 361. The summed E-state index contributed by atoms with van der Waals surface area (Å²) in [7, 11) is 0. The molecule has 1 aliphatic carbocycles. The Morgan fingerprint density at radius 1 is 1.50 bits per heavy atom. The fourth-order valence-corrected chi connectivity index (χ4v) is 1.90. The predicted octanol–water partition coefficient (Wildman–Crippen LogP) is 1.05. The van der Waals surface area contributed by atoms with Gasteiger partial charge in [-0.15, -0.1) is 0 Å². The summed E-state index contributed by atoms with van der Waals surface area (Å²) in [6.07, 6.45) is 2.61. The molecule has 0 saturated heterocycles. The molecule has 1 aliphatic rings. The molecule has 88 valence electrons. The predicted molar refractivity (Wildman–Crippen MR) is 63.7 cm³/mol. The van der Waals surface area contributed by atoms with Crippen LogP contribution in [0.1, 0.15) is 31.3 Å². The van der Waals surface area contributed by atoms with E-state index < -0.39 is 0 Å². The van der Waals surface area contributed by atoms with Gasteiger partial charge in [0.05, 0.1) is 6.54 Å². The van der Waals surface area contributed by atoms with Gasteiger partial charge in [-0.1, -0.05) is 6.92 Å². The average molecular weight is 221 g/mol. The third kappa shape index (κ3) is 2.68. The molecule has 0 bridgehead atoms. The van der Waals surface area contributed by atoms with Gasteiger partial charge in [-0.3, -0.25) is 4.90 Å². The van der Waals surface area contributed by atoms with Gasteiger partial charge in [0.15, 0.2) is 0 Å². The highest BCUT2D eigenvalue weighted by molar-refractivity contribution is 5.33. The van der Waals surface area contributed by atoms with Crippen LogP contribution in [0, 0.1) is 6.92 Å². The second-order valence-corrected chi connectivity index (χ2v) is 4.25. The van der Waals surface area contributed by atoms with Gasteiger partial charge in [0.1, 0.15) is 11.6 Å². The summed E-state index contributed by atoms with van der Waals surface area (Å²) in [5.41, 5.74) is 3.52. The van der Waals surface area contributed by atoms with Crippen LogP contribution in [0.5, 0.6) is 0 Å². The van der Waals surface area contributed by atoms with Crippen LogP contribution in [0.15, 0.2) is 6.07 Å². The lowest BCUT2D eigenvalue weighted by molar-refractivity contribution is 0.262. The monoisotopic (exact) mass is 221 g/mol. The number of hydrazine groups is 1. The van der Waals surface area contributed by atoms with Crippen molar-refractivity contribution in [2.75, 3.05) is 12.0 Å². The molecule has 1 saturated carbocycles. The highest BCUT2D eigenvalue weighted by atomic mass is 15.3. The Morgan fingerprint density at radius 3 is 2.81 bits per heavy atom. The molecular formula is C11H19N5. The number of anilines is 1. The van der Waals surface area contributed by atoms with Crippen molar-refractivity contribution in [1.82, 2.24) is 14.9 Å². The van der Waals surface area contributed by atoms with Gasteiger partial charge in [-0.05, 0) is 26.3 Å². The summed E-state index contributed by atoms with van der Waals surface area (Å²) < 4.78 is 0. The van der Waals surface area contributed by atoms with E-state index in [-0.39, 0.29) is 0 Å². The number of aryl methyl sites for hydroxylation is 1. The smallest absolute Gasteiger partial charge is 0.145 e. The van der Waals surface area contributed by atoms with Crippen molar-refractivity contribution in [2.24, 2.45) is 5.84 Å². The van der Waals surface area contributed by atoms with Crippen molar-refractivity contribution < 1.29 is 0 Å². The Kier molecular flexibility index (Phi) is 3.36. The van der Waals surface area contributed by atoms with E-state index in [1.807, 2.05) is 13.0 Å². The van der Waals surface area contributed by atoms with E-state index in [0.717, 1.165) is 30.6 Å². The van der Waals surface area contributed by atoms with Crippen LogP contribution in [0.2, 0.25) is 0 Å². The van der Waals surface area contributed by atoms with E-state index >= 15 is 0 Å². The molecule has 16 heavy (non-hydrogen) atoms. The zero-order valence-corrected chi connectivity index (χ0v) is 9.90. The zero-order valence-electron chi connectivity index (χ0n) is 9.90. The highest BCUT2D eigenvalue weighted by Gasteiger charge is 2.28. The van der Waals surface area contributed by atoms with Gasteiger partial charge in [0.25, 0.3) is 0 Å². The van der Waals surface area contributed by atoms with Crippen molar-refractivity contribution in [1.29, 1.82) is 0 Å². The van der Waals surface area contributed by atoms with Gasteiger partial charge in [-0.2, -0.15) is 0 Å². The summed E-state index contributed by atoms with van der Waals surface area (Å²) in [5, 5.41) is 0. The second kappa shape index (κ2) is 4.76. The Hall–Kier alpha value is -1.20. The van der Waals surface area contributed by atoms with E-state index in [2.05, 4.69) is 27.2 Å². The fraction of sp³-hybridized carbons (Fsp3) is 0.636. The van der Waals surface area contributed by atoms with Crippen LogP contribution in [0.4, 0.5) is 5.82 Å². The molecule has 1 heterocycles. The fourth-order valence-electron chi connectivity index (χ4n) is 1.90. The quantitative estimate of drug-likeness (QED) is 0.575. The zero-order chi connectivity index (χ0) is 11.5. The van der Waals surface area contributed by atoms with E-state index in [0.29, 0.717) is 5.82 Å². The van der Waals surface area contributed by atoms with Crippen LogP contribution in [0.3, 0.4) is 0 Å². The molecule has 2 rings (SSSR count). The normalized spacial score (nSPS) is 15.5. The Labute approximate surface area is 96.0 Å². The first-order valence-electron chi connectivity index (χ1n) is 5.78. The van der Waals surface area contributed by atoms with Gasteiger partial charge < -0.3 is 5.43 Å². The summed E-state index contributed by atoms with van der Waals surface area (Å²) in [4.78, 5) is 11.2. The highest BCUT2D eigenvalue weighted by Crippen LogP contribution is 2.27. The van der Waals surface area contributed by atoms with Crippen molar-refractivity contribution in [3.63, 3.8) is 0 Å². The molecule has 0 amide bonds. The van der Waals surface area contributed by atoms with Gasteiger partial charge >= 0.3 is 0 Å². The van der Waals surface area contributed by atoms with E-state index in [1.54, 1.807) is 0 Å². The summed E-state index contributed by atoms with van der Waals surface area (Å²) >= 11 is 0. The van der Waals surface area contributed by atoms with Crippen LogP contribution in [-0.4, -0.2) is 27.5 Å². The first-order valence-corrected chi connectivity index (χ1v) is 5.78. The number of nitrogens with zero attached hydrogens (tertiary/aromatic N) is 3. The minimum absolute atomic E-state index is 0.689. The number of nitrogens with one attached hydrogen (secondary N) is 1. The van der Waals surface area contributed by atoms with Crippen molar-refractivity contribution >= 4 is 5.82 Å². The minimum atomic E-state index is 0.689. The number of hydrogen-bond donors (Lipinski definition) is 2. The Morgan fingerprint density at radius 2 is 2.25 bits per heavy atom. The molecule has 1 fully saturated rings. The molecule has 0 aromatic carbocycles. The molecule has 0 spiro atoms. The topological polar surface area (TPSA) is 67.1 Å². The summed E-state index contributed by atoms with van der Waals surface area (Å²) in [6, 6.07) is 2.58. The molecule has 3 N–H and O–H groups in total. The van der Waals surface area contributed by atoms with E-state index in [9.17, 15) is 0 Å². The van der Waals surface area contributed by atoms with Crippen LogP contribution < -0.4 is 11.3 Å². The molecule has 1 aromatic rings. The molecule has 0 atom stereocenters. The average Bonchev–Trinajstić information content (AvgIpc) is 3.09. The maximum Gasteiger partial charge on any atom is 0.145 e.